The first kappa shape index (κ1) is 18.1. The molecule has 1 amide bonds. The second-order valence-electron chi connectivity index (χ2n) is 5.28. The number of para-hydroxylation sites is 1. The van der Waals surface area contributed by atoms with Crippen LogP contribution in [0.2, 0.25) is 0 Å². The Morgan fingerprint density at radius 2 is 1.83 bits per heavy atom. The summed E-state index contributed by atoms with van der Waals surface area (Å²) in [6.07, 6.45) is 0. The van der Waals surface area contributed by atoms with Gasteiger partial charge in [0.25, 0.3) is 5.91 Å². The molecule has 4 nitrogen and oxygen atoms in total. The highest BCUT2D eigenvalue weighted by molar-refractivity contribution is 7.98. The van der Waals surface area contributed by atoms with E-state index in [-0.39, 0.29) is 5.91 Å². The van der Waals surface area contributed by atoms with E-state index in [1.54, 1.807) is 24.3 Å². The fourth-order valence-corrected chi connectivity index (χ4v) is 2.90. The minimum Gasteiger partial charge on any atom is -0.465 e. The molecular formula is C19H21NO3S. The summed E-state index contributed by atoms with van der Waals surface area (Å²) < 4.78 is 4.78. The van der Waals surface area contributed by atoms with Crippen molar-refractivity contribution >= 4 is 29.3 Å². The Labute approximate surface area is 146 Å². The molecule has 0 aliphatic heterocycles. The van der Waals surface area contributed by atoms with E-state index < -0.39 is 5.97 Å². The second-order valence-corrected chi connectivity index (χ2v) is 6.55. The van der Waals surface area contributed by atoms with Gasteiger partial charge >= 0.3 is 5.97 Å². The molecular weight excluding hydrogens is 322 g/mol. The SMILES string of the molecule is CCSCc1ccc(C(=O)Nc2c(C)cccc2C(=O)OC)cc1. The molecule has 0 aliphatic rings. The van der Waals surface area contributed by atoms with Crippen molar-refractivity contribution in [3.05, 3.63) is 64.7 Å². The number of ether oxygens (including phenoxy) is 1. The first-order valence-electron chi connectivity index (χ1n) is 7.72. The zero-order chi connectivity index (χ0) is 17.5. The van der Waals surface area contributed by atoms with Crippen molar-refractivity contribution < 1.29 is 14.3 Å². The maximum absolute atomic E-state index is 12.5. The standard InChI is InChI=1S/C19H21NO3S/c1-4-24-12-14-8-10-15(11-9-14)18(21)20-17-13(2)6-5-7-16(17)19(22)23-3/h5-11H,4,12H2,1-3H3,(H,20,21). The van der Waals surface area contributed by atoms with Crippen LogP contribution in [-0.4, -0.2) is 24.7 Å². The molecule has 0 aliphatic carbocycles. The third-order valence-corrected chi connectivity index (χ3v) is 4.55. The lowest BCUT2D eigenvalue weighted by atomic mass is 10.1. The van der Waals surface area contributed by atoms with E-state index in [1.807, 2.05) is 36.9 Å². The van der Waals surface area contributed by atoms with Crippen LogP contribution in [0.3, 0.4) is 0 Å². The molecule has 0 unspecified atom stereocenters. The van der Waals surface area contributed by atoms with Crippen LogP contribution in [0.15, 0.2) is 42.5 Å². The highest BCUT2D eigenvalue weighted by Gasteiger charge is 2.16. The molecule has 24 heavy (non-hydrogen) atoms. The lowest BCUT2D eigenvalue weighted by Crippen LogP contribution is -2.16. The monoisotopic (exact) mass is 343 g/mol. The van der Waals surface area contributed by atoms with Crippen molar-refractivity contribution in [2.24, 2.45) is 0 Å². The average Bonchev–Trinajstić information content (AvgIpc) is 2.61. The number of hydrogen-bond acceptors (Lipinski definition) is 4. The van der Waals surface area contributed by atoms with Gasteiger partial charge in [0, 0.05) is 11.3 Å². The summed E-state index contributed by atoms with van der Waals surface area (Å²) in [6.45, 7) is 3.96. The molecule has 0 saturated carbocycles. The third-order valence-electron chi connectivity index (χ3n) is 3.61. The van der Waals surface area contributed by atoms with Crippen molar-refractivity contribution in [1.29, 1.82) is 0 Å². The number of methoxy groups -OCH3 is 1. The number of anilines is 1. The van der Waals surface area contributed by atoms with E-state index in [0.717, 1.165) is 17.1 Å². The molecule has 0 spiro atoms. The summed E-state index contributed by atoms with van der Waals surface area (Å²) >= 11 is 1.84. The molecule has 126 valence electrons. The van der Waals surface area contributed by atoms with Crippen LogP contribution in [0.5, 0.6) is 0 Å². The minimum atomic E-state index is -0.471. The summed E-state index contributed by atoms with van der Waals surface area (Å²) in [6, 6.07) is 12.8. The van der Waals surface area contributed by atoms with Gasteiger partial charge in [-0.25, -0.2) is 4.79 Å². The smallest absolute Gasteiger partial charge is 0.339 e. The fraction of sp³-hybridized carbons (Fsp3) is 0.263. The molecule has 0 fully saturated rings. The Bertz CT molecular complexity index is 726. The number of carbonyl (C=O) groups is 2. The maximum Gasteiger partial charge on any atom is 0.339 e. The van der Waals surface area contributed by atoms with E-state index in [9.17, 15) is 9.59 Å². The lowest BCUT2D eigenvalue weighted by Gasteiger charge is -2.13. The van der Waals surface area contributed by atoms with Crippen molar-refractivity contribution in [2.75, 3.05) is 18.2 Å². The van der Waals surface area contributed by atoms with Gasteiger partial charge in [-0.05, 0) is 42.0 Å². The van der Waals surface area contributed by atoms with Crippen LogP contribution in [-0.2, 0) is 10.5 Å². The Morgan fingerprint density at radius 1 is 1.12 bits per heavy atom. The van der Waals surface area contributed by atoms with Crippen molar-refractivity contribution in [2.45, 2.75) is 19.6 Å². The predicted octanol–water partition coefficient (Wildman–Crippen LogP) is 4.29. The van der Waals surface area contributed by atoms with Gasteiger partial charge in [-0.1, -0.05) is 31.2 Å². The molecule has 0 heterocycles. The quantitative estimate of drug-likeness (QED) is 0.795. The summed E-state index contributed by atoms with van der Waals surface area (Å²) in [5, 5.41) is 2.83. The first-order chi connectivity index (χ1) is 11.6. The van der Waals surface area contributed by atoms with Gasteiger partial charge < -0.3 is 10.1 Å². The second kappa shape index (κ2) is 8.55. The zero-order valence-electron chi connectivity index (χ0n) is 14.1. The van der Waals surface area contributed by atoms with Crippen LogP contribution in [0.25, 0.3) is 0 Å². The van der Waals surface area contributed by atoms with Gasteiger partial charge in [0.15, 0.2) is 0 Å². The molecule has 0 bridgehead atoms. The predicted molar refractivity (Wildman–Crippen MR) is 98.7 cm³/mol. The highest BCUT2D eigenvalue weighted by atomic mass is 32.2. The maximum atomic E-state index is 12.5. The Balaban J connectivity index is 2.19. The third kappa shape index (κ3) is 4.38. The van der Waals surface area contributed by atoms with E-state index >= 15 is 0 Å². The topological polar surface area (TPSA) is 55.4 Å². The lowest BCUT2D eigenvalue weighted by molar-refractivity contribution is 0.0602. The summed E-state index contributed by atoms with van der Waals surface area (Å²) in [5.74, 6) is 1.28. The number of thioether (sulfide) groups is 1. The number of nitrogens with one attached hydrogen (secondary N) is 1. The highest BCUT2D eigenvalue weighted by Crippen LogP contribution is 2.22. The number of aryl methyl sites for hydroxylation is 1. The van der Waals surface area contributed by atoms with Crippen molar-refractivity contribution in [1.82, 2.24) is 0 Å². The normalized spacial score (nSPS) is 10.3. The average molecular weight is 343 g/mol. The molecule has 1 N–H and O–H groups in total. The Kier molecular flexibility index (Phi) is 6.44. The van der Waals surface area contributed by atoms with Crippen LogP contribution < -0.4 is 5.32 Å². The van der Waals surface area contributed by atoms with Crippen LogP contribution in [0.1, 0.15) is 38.8 Å². The number of carbonyl (C=O) groups excluding carboxylic acids is 2. The molecule has 5 heteroatoms. The van der Waals surface area contributed by atoms with Crippen molar-refractivity contribution in [3.63, 3.8) is 0 Å². The van der Waals surface area contributed by atoms with Crippen molar-refractivity contribution in [3.8, 4) is 0 Å². The number of benzene rings is 2. The molecule has 2 aromatic carbocycles. The van der Waals surface area contributed by atoms with Gasteiger partial charge in [0.2, 0.25) is 0 Å². The van der Waals surface area contributed by atoms with Gasteiger partial charge in [0.1, 0.15) is 0 Å². The number of esters is 1. The number of hydrogen-bond donors (Lipinski definition) is 1. The van der Waals surface area contributed by atoms with Gasteiger partial charge in [-0.15, -0.1) is 0 Å². The molecule has 2 rings (SSSR count). The van der Waals surface area contributed by atoms with Crippen LogP contribution >= 0.6 is 11.8 Å². The molecule has 0 saturated heterocycles. The first-order valence-corrected chi connectivity index (χ1v) is 8.88. The van der Waals surface area contributed by atoms with Gasteiger partial charge in [-0.2, -0.15) is 11.8 Å². The number of amides is 1. The molecule has 0 aromatic heterocycles. The number of rotatable bonds is 6. The Hall–Kier alpha value is -2.27. The molecule has 2 aromatic rings. The van der Waals surface area contributed by atoms with E-state index in [1.165, 1.54) is 12.7 Å². The summed E-state index contributed by atoms with van der Waals surface area (Å²) in [5.41, 5.74) is 3.38. The summed E-state index contributed by atoms with van der Waals surface area (Å²) in [7, 11) is 1.32. The minimum absolute atomic E-state index is 0.246. The van der Waals surface area contributed by atoms with Gasteiger partial charge in [-0.3, -0.25) is 4.79 Å². The largest absolute Gasteiger partial charge is 0.465 e. The summed E-state index contributed by atoms with van der Waals surface area (Å²) in [4.78, 5) is 24.4. The van der Waals surface area contributed by atoms with E-state index in [0.29, 0.717) is 16.8 Å². The molecule has 0 atom stereocenters. The zero-order valence-corrected chi connectivity index (χ0v) is 14.9. The fourth-order valence-electron chi connectivity index (χ4n) is 2.27. The van der Waals surface area contributed by atoms with E-state index in [4.69, 9.17) is 4.74 Å². The van der Waals surface area contributed by atoms with Crippen LogP contribution in [0, 0.1) is 6.92 Å². The van der Waals surface area contributed by atoms with Crippen LogP contribution in [0.4, 0.5) is 5.69 Å². The van der Waals surface area contributed by atoms with Gasteiger partial charge in [0.05, 0.1) is 18.4 Å². The Morgan fingerprint density at radius 3 is 2.46 bits per heavy atom. The molecule has 0 radical (unpaired) electrons. The van der Waals surface area contributed by atoms with E-state index in [2.05, 4.69) is 12.2 Å².